The number of carbonyl (C=O) groups excluding carboxylic acids is 1. The van der Waals surface area contributed by atoms with Crippen molar-refractivity contribution in [2.24, 2.45) is 0 Å². The van der Waals surface area contributed by atoms with Crippen LogP contribution in [0.4, 0.5) is 0 Å². The molecule has 1 aliphatic heterocycles. The second-order valence-electron chi connectivity index (χ2n) is 8.07. The number of nitrogens with zero attached hydrogens (tertiary/aromatic N) is 1. The highest BCUT2D eigenvalue weighted by Gasteiger charge is 2.26. The van der Waals surface area contributed by atoms with E-state index in [-0.39, 0.29) is 23.2 Å². The van der Waals surface area contributed by atoms with Gasteiger partial charge in [-0.3, -0.25) is 9.59 Å². The third-order valence-electron chi connectivity index (χ3n) is 5.88. The summed E-state index contributed by atoms with van der Waals surface area (Å²) in [6.07, 6.45) is 1.88. The lowest BCUT2D eigenvalue weighted by atomic mass is 10.0. The van der Waals surface area contributed by atoms with E-state index in [1.807, 2.05) is 24.3 Å². The van der Waals surface area contributed by atoms with E-state index < -0.39 is 0 Å². The summed E-state index contributed by atoms with van der Waals surface area (Å²) in [6, 6.07) is 20.7. The zero-order valence-corrected chi connectivity index (χ0v) is 19.0. The first kappa shape index (κ1) is 20.9. The van der Waals surface area contributed by atoms with Gasteiger partial charge in [0.25, 0.3) is 5.91 Å². The van der Waals surface area contributed by atoms with Crippen molar-refractivity contribution in [1.82, 2.24) is 4.90 Å². The van der Waals surface area contributed by atoms with Crippen LogP contribution in [0.2, 0.25) is 0 Å². The molecule has 2 heterocycles. The number of ether oxygens (including phenoxy) is 1. The van der Waals surface area contributed by atoms with Crippen LogP contribution in [0.15, 0.2) is 80.4 Å². The van der Waals surface area contributed by atoms with E-state index in [1.54, 1.807) is 23.1 Å². The lowest BCUT2D eigenvalue weighted by Crippen LogP contribution is -2.37. The summed E-state index contributed by atoms with van der Waals surface area (Å²) < 4.78 is 12.5. The van der Waals surface area contributed by atoms with Crippen LogP contribution in [0, 0.1) is 0 Å². The van der Waals surface area contributed by atoms with Gasteiger partial charge in [-0.2, -0.15) is 0 Å². The van der Waals surface area contributed by atoms with E-state index in [1.165, 1.54) is 6.07 Å². The van der Waals surface area contributed by atoms with Crippen molar-refractivity contribution < 1.29 is 13.9 Å². The summed E-state index contributed by atoms with van der Waals surface area (Å²) in [5.41, 5.74) is 1.20. The highest BCUT2D eigenvalue weighted by atomic mass is 79.9. The van der Waals surface area contributed by atoms with E-state index in [9.17, 15) is 9.59 Å². The molecule has 1 aliphatic rings. The van der Waals surface area contributed by atoms with Gasteiger partial charge in [0, 0.05) is 30.2 Å². The SMILES string of the molecule is O=C(c1cc(=O)c2cc(Br)ccc2o1)N(Cc1cccc2ccccc12)CC1CCCO1. The highest BCUT2D eigenvalue weighted by Crippen LogP contribution is 2.24. The Kier molecular flexibility index (Phi) is 5.81. The fraction of sp³-hybridized carbons (Fsp3) is 0.231. The molecule has 6 heteroatoms. The van der Waals surface area contributed by atoms with Crippen LogP contribution in [0.25, 0.3) is 21.7 Å². The van der Waals surface area contributed by atoms with Gasteiger partial charge in [-0.1, -0.05) is 58.4 Å². The van der Waals surface area contributed by atoms with E-state index >= 15 is 0 Å². The lowest BCUT2D eigenvalue weighted by molar-refractivity contribution is 0.0485. The zero-order valence-electron chi connectivity index (χ0n) is 17.4. The summed E-state index contributed by atoms with van der Waals surface area (Å²) in [7, 11) is 0. The number of carbonyl (C=O) groups is 1. The van der Waals surface area contributed by atoms with Gasteiger partial charge in [-0.05, 0) is 47.4 Å². The summed E-state index contributed by atoms with van der Waals surface area (Å²) >= 11 is 3.37. The zero-order chi connectivity index (χ0) is 22.1. The predicted molar refractivity (Wildman–Crippen MR) is 128 cm³/mol. The Morgan fingerprint density at radius 2 is 1.88 bits per heavy atom. The van der Waals surface area contributed by atoms with Gasteiger partial charge in [0.2, 0.25) is 0 Å². The average Bonchev–Trinajstić information content (AvgIpc) is 3.32. The van der Waals surface area contributed by atoms with Crippen LogP contribution < -0.4 is 5.43 Å². The van der Waals surface area contributed by atoms with E-state index in [2.05, 4.69) is 34.1 Å². The molecule has 0 radical (unpaired) electrons. The first-order valence-corrected chi connectivity index (χ1v) is 11.5. The maximum absolute atomic E-state index is 13.6. The summed E-state index contributed by atoms with van der Waals surface area (Å²) in [6.45, 7) is 1.56. The van der Waals surface area contributed by atoms with Crippen molar-refractivity contribution >= 4 is 43.6 Å². The Morgan fingerprint density at radius 3 is 2.72 bits per heavy atom. The fourth-order valence-corrected chi connectivity index (χ4v) is 4.64. The second-order valence-corrected chi connectivity index (χ2v) is 8.99. The first-order valence-electron chi connectivity index (χ1n) is 10.7. The molecule has 0 spiro atoms. The molecule has 0 bridgehead atoms. The molecule has 3 aromatic carbocycles. The minimum absolute atomic E-state index is 0.0166. The number of hydrogen-bond acceptors (Lipinski definition) is 4. The smallest absolute Gasteiger partial charge is 0.290 e. The van der Waals surface area contributed by atoms with Crippen molar-refractivity contribution in [3.8, 4) is 0 Å². The standard InChI is InChI=1S/C26H22BrNO4/c27-19-10-11-24-22(13-19)23(29)14-25(32-24)26(30)28(16-20-8-4-12-31-20)15-18-7-3-6-17-5-1-2-9-21(17)18/h1-3,5-7,9-11,13-14,20H,4,8,12,15-16H2. The third kappa shape index (κ3) is 4.20. The van der Waals surface area contributed by atoms with Crippen molar-refractivity contribution in [2.75, 3.05) is 13.2 Å². The topological polar surface area (TPSA) is 59.8 Å². The van der Waals surface area contributed by atoms with E-state index in [4.69, 9.17) is 9.15 Å². The van der Waals surface area contributed by atoms with E-state index in [0.29, 0.717) is 30.7 Å². The van der Waals surface area contributed by atoms with Crippen LogP contribution >= 0.6 is 15.9 Å². The Hall–Kier alpha value is -2.96. The normalized spacial score (nSPS) is 16.0. The first-order chi connectivity index (χ1) is 15.6. The molecule has 5 rings (SSSR count). The Labute approximate surface area is 193 Å². The number of hydrogen-bond donors (Lipinski definition) is 0. The lowest BCUT2D eigenvalue weighted by Gasteiger charge is -2.25. The molecular weight excluding hydrogens is 470 g/mol. The Balaban J connectivity index is 1.52. The highest BCUT2D eigenvalue weighted by molar-refractivity contribution is 9.10. The Bertz CT molecular complexity index is 1350. The minimum atomic E-state index is -0.310. The molecule has 5 nitrogen and oxygen atoms in total. The molecule has 1 fully saturated rings. The Morgan fingerprint density at radius 1 is 1.03 bits per heavy atom. The van der Waals surface area contributed by atoms with Crippen molar-refractivity contribution in [3.05, 3.63) is 92.7 Å². The molecule has 1 aromatic heterocycles. The maximum atomic E-state index is 13.6. The van der Waals surface area contributed by atoms with Gasteiger partial charge in [0.15, 0.2) is 11.2 Å². The van der Waals surface area contributed by atoms with Gasteiger partial charge in [-0.25, -0.2) is 0 Å². The third-order valence-corrected chi connectivity index (χ3v) is 6.37. The van der Waals surface area contributed by atoms with Gasteiger partial charge < -0.3 is 14.1 Å². The van der Waals surface area contributed by atoms with Crippen molar-refractivity contribution in [1.29, 1.82) is 0 Å². The molecule has 1 atom stereocenters. The summed E-state index contributed by atoms with van der Waals surface area (Å²) in [5, 5.41) is 2.66. The molecule has 0 N–H and O–H groups in total. The number of fused-ring (bicyclic) bond motifs is 2. The number of rotatable bonds is 5. The maximum Gasteiger partial charge on any atom is 0.290 e. The predicted octanol–water partition coefficient (Wildman–Crippen LogP) is 5.53. The fourth-order valence-electron chi connectivity index (χ4n) is 4.28. The monoisotopic (exact) mass is 491 g/mol. The van der Waals surface area contributed by atoms with Crippen LogP contribution in [0.5, 0.6) is 0 Å². The molecule has 0 aliphatic carbocycles. The van der Waals surface area contributed by atoms with Gasteiger partial charge in [0.1, 0.15) is 5.58 Å². The largest absolute Gasteiger partial charge is 0.451 e. The van der Waals surface area contributed by atoms with Crippen molar-refractivity contribution in [3.63, 3.8) is 0 Å². The quantitative estimate of drug-likeness (QED) is 0.368. The second kappa shape index (κ2) is 8.88. The molecule has 0 saturated carbocycles. The minimum Gasteiger partial charge on any atom is -0.451 e. The number of halogens is 1. The molecule has 1 unspecified atom stereocenters. The molecule has 162 valence electrons. The molecule has 1 amide bonds. The van der Waals surface area contributed by atoms with E-state index in [0.717, 1.165) is 33.7 Å². The van der Waals surface area contributed by atoms with Crippen LogP contribution in [-0.4, -0.2) is 30.1 Å². The summed E-state index contributed by atoms with van der Waals surface area (Å²) in [4.78, 5) is 28.0. The number of benzene rings is 3. The van der Waals surface area contributed by atoms with Gasteiger partial charge in [0.05, 0.1) is 11.5 Å². The van der Waals surface area contributed by atoms with Crippen LogP contribution in [0.3, 0.4) is 0 Å². The molecular formula is C26H22BrNO4. The van der Waals surface area contributed by atoms with Gasteiger partial charge >= 0.3 is 0 Å². The van der Waals surface area contributed by atoms with Gasteiger partial charge in [-0.15, -0.1) is 0 Å². The molecule has 4 aromatic rings. The number of amides is 1. The molecule has 32 heavy (non-hydrogen) atoms. The average molecular weight is 492 g/mol. The van der Waals surface area contributed by atoms with Crippen LogP contribution in [-0.2, 0) is 11.3 Å². The van der Waals surface area contributed by atoms with Crippen molar-refractivity contribution in [2.45, 2.75) is 25.5 Å². The van der Waals surface area contributed by atoms with Crippen LogP contribution in [0.1, 0.15) is 29.0 Å². The summed E-state index contributed by atoms with van der Waals surface area (Å²) in [5.74, 6) is -0.265. The molecule has 1 saturated heterocycles.